The number of nitrogens with one attached hydrogen (secondary N) is 2. The number of hydrogen-bond donors (Lipinski definition) is 2. The van der Waals surface area contributed by atoms with Crippen molar-refractivity contribution in [3.63, 3.8) is 0 Å². The van der Waals surface area contributed by atoms with Crippen LogP contribution in [0, 0.1) is 5.82 Å². The average molecular weight is 628 g/mol. The number of aryl methyl sites for hydroxylation is 1. The van der Waals surface area contributed by atoms with Gasteiger partial charge in [-0.15, -0.1) is 0 Å². The Morgan fingerprint density at radius 3 is 2.37 bits per heavy atom. The number of benzene rings is 2. The van der Waals surface area contributed by atoms with Gasteiger partial charge < -0.3 is 15.5 Å². The van der Waals surface area contributed by atoms with Crippen molar-refractivity contribution in [3.8, 4) is 0 Å². The zero-order valence-corrected chi connectivity index (χ0v) is 24.6. The van der Waals surface area contributed by atoms with Gasteiger partial charge in [0.25, 0.3) is 0 Å². The zero-order chi connectivity index (χ0) is 31.4. The predicted molar refractivity (Wildman–Crippen MR) is 149 cm³/mol. The highest BCUT2D eigenvalue weighted by Gasteiger charge is 2.56. The molecule has 13 heteroatoms. The highest BCUT2D eigenvalue weighted by molar-refractivity contribution is 7.91. The van der Waals surface area contributed by atoms with Crippen molar-refractivity contribution in [1.29, 1.82) is 0 Å². The fraction of sp³-hybridized carbons (Fsp3) is 0.533. The van der Waals surface area contributed by atoms with Gasteiger partial charge in [-0.05, 0) is 73.4 Å². The maximum atomic E-state index is 14.9. The zero-order valence-electron chi connectivity index (χ0n) is 23.8. The van der Waals surface area contributed by atoms with E-state index in [2.05, 4.69) is 10.6 Å². The van der Waals surface area contributed by atoms with Crippen molar-refractivity contribution in [3.05, 3.63) is 70.5 Å². The van der Waals surface area contributed by atoms with Gasteiger partial charge in [-0.2, -0.15) is 13.2 Å². The largest absolute Gasteiger partial charge is 0.426 e. The molecule has 0 spiro atoms. The normalized spacial score (nSPS) is 27.9. The summed E-state index contributed by atoms with van der Waals surface area (Å²) < 4.78 is 93.7. The molecule has 2 aromatic rings. The van der Waals surface area contributed by atoms with Crippen LogP contribution in [0.2, 0.25) is 0 Å². The summed E-state index contributed by atoms with van der Waals surface area (Å²) in [5.74, 6) is -1.26. The summed E-state index contributed by atoms with van der Waals surface area (Å²) in [6, 6.07) is 7.65. The lowest BCUT2D eigenvalue weighted by Gasteiger charge is -2.44. The van der Waals surface area contributed by atoms with Gasteiger partial charge in [0.15, 0.2) is 9.84 Å². The van der Waals surface area contributed by atoms with Gasteiger partial charge >= 0.3 is 12.2 Å². The Hall–Kier alpha value is -3.22. The molecule has 5 atom stereocenters. The molecule has 1 aliphatic carbocycles. The van der Waals surface area contributed by atoms with E-state index in [1.807, 2.05) is 0 Å². The molecule has 0 saturated carbocycles. The van der Waals surface area contributed by atoms with E-state index in [9.17, 15) is 40.0 Å². The summed E-state index contributed by atoms with van der Waals surface area (Å²) in [5.41, 5.74) is -2.68. The fourth-order valence-corrected chi connectivity index (χ4v) is 8.67. The maximum Gasteiger partial charge on any atom is 0.426 e. The summed E-state index contributed by atoms with van der Waals surface area (Å²) >= 11 is 0. The summed E-state index contributed by atoms with van der Waals surface area (Å²) in [6.07, 6.45) is -3.43. The van der Waals surface area contributed by atoms with E-state index in [1.54, 1.807) is 17.0 Å². The van der Waals surface area contributed by atoms with Crippen molar-refractivity contribution in [2.45, 2.75) is 81.3 Å². The molecular formula is C30H34F5N3O4S. The maximum absolute atomic E-state index is 14.9. The van der Waals surface area contributed by atoms with Crippen molar-refractivity contribution >= 4 is 21.8 Å². The Balaban J connectivity index is 1.47. The van der Waals surface area contributed by atoms with Crippen LogP contribution in [0.3, 0.4) is 0 Å². The number of nitrogens with zero attached hydrogens (tertiary/aromatic N) is 1. The number of rotatable bonds is 5. The molecule has 2 N–H and O–H groups in total. The molecule has 234 valence electrons. The van der Waals surface area contributed by atoms with E-state index >= 15 is 0 Å². The molecule has 43 heavy (non-hydrogen) atoms. The molecule has 2 aliphatic heterocycles. The summed E-state index contributed by atoms with van der Waals surface area (Å²) in [6.45, 7) is 2.08. The first kappa shape index (κ1) is 31.2. The summed E-state index contributed by atoms with van der Waals surface area (Å²) in [7, 11) is -3.39. The lowest BCUT2D eigenvalue weighted by atomic mass is 9.63. The van der Waals surface area contributed by atoms with Crippen LogP contribution < -0.4 is 10.6 Å². The summed E-state index contributed by atoms with van der Waals surface area (Å²) in [5, 5.41) is 5.56. The smallest absolute Gasteiger partial charge is 0.351 e. The molecule has 2 heterocycles. The van der Waals surface area contributed by atoms with Crippen molar-refractivity contribution in [1.82, 2.24) is 15.5 Å². The summed E-state index contributed by atoms with van der Waals surface area (Å²) in [4.78, 5) is 27.2. The van der Waals surface area contributed by atoms with Gasteiger partial charge in [0.2, 0.25) is 11.6 Å². The van der Waals surface area contributed by atoms with Crippen LogP contribution in [0.4, 0.5) is 26.7 Å². The van der Waals surface area contributed by atoms with Crippen LogP contribution in [-0.2, 0) is 38.6 Å². The van der Waals surface area contributed by atoms with Crippen LogP contribution >= 0.6 is 0 Å². The third kappa shape index (κ3) is 5.97. The molecule has 2 saturated heterocycles. The van der Waals surface area contributed by atoms with E-state index < -0.39 is 62.5 Å². The second-order valence-corrected chi connectivity index (χ2v) is 14.3. The molecular weight excluding hydrogens is 593 g/mol. The Labute approximate surface area is 247 Å². The van der Waals surface area contributed by atoms with Gasteiger partial charge in [0.05, 0.1) is 23.6 Å². The number of hydrogen-bond acceptors (Lipinski definition) is 4. The Morgan fingerprint density at radius 2 is 1.72 bits per heavy atom. The minimum Gasteiger partial charge on any atom is -0.351 e. The third-order valence-corrected chi connectivity index (χ3v) is 11.0. The molecule has 3 amide bonds. The number of amides is 3. The van der Waals surface area contributed by atoms with Gasteiger partial charge in [0.1, 0.15) is 5.82 Å². The number of likely N-dealkylation sites (tertiary alicyclic amines) is 1. The SMILES string of the molecule is CC(=O)NC1CS(=O)(=O)CCC1NC(=O)N1CC[C@@]2(Cc3ccc(F)cc3)c3ccc(C(C)(F)C(F)(F)F)cc3CC[C@@H]12. The molecule has 2 fully saturated rings. The van der Waals surface area contributed by atoms with E-state index in [0.717, 1.165) is 17.2 Å². The lowest BCUT2D eigenvalue weighted by Crippen LogP contribution is -2.60. The van der Waals surface area contributed by atoms with Crippen LogP contribution in [0.5, 0.6) is 0 Å². The van der Waals surface area contributed by atoms with E-state index in [0.29, 0.717) is 44.7 Å². The first-order chi connectivity index (χ1) is 20.0. The second-order valence-electron chi connectivity index (χ2n) is 12.1. The lowest BCUT2D eigenvalue weighted by molar-refractivity contribution is -0.228. The monoisotopic (exact) mass is 627 g/mol. The average Bonchev–Trinajstić information content (AvgIpc) is 3.29. The van der Waals surface area contributed by atoms with Crippen LogP contribution in [-0.4, -0.2) is 67.6 Å². The highest BCUT2D eigenvalue weighted by atomic mass is 32.2. The molecule has 0 radical (unpaired) electrons. The number of carbonyl (C=O) groups excluding carboxylic acids is 2. The molecule has 3 unspecified atom stereocenters. The third-order valence-electron chi connectivity index (χ3n) is 9.27. The van der Waals surface area contributed by atoms with Gasteiger partial charge in [0, 0.05) is 24.9 Å². The van der Waals surface area contributed by atoms with Gasteiger partial charge in [-0.3, -0.25) is 4.79 Å². The minimum atomic E-state index is -5.10. The highest BCUT2D eigenvalue weighted by Crippen LogP contribution is 2.51. The first-order valence-corrected chi connectivity index (χ1v) is 16.0. The molecule has 0 aromatic heterocycles. The van der Waals surface area contributed by atoms with Crippen LogP contribution in [0.1, 0.15) is 55.4 Å². The van der Waals surface area contributed by atoms with Gasteiger partial charge in [-0.1, -0.05) is 30.3 Å². The Kier molecular flexibility index (Phi) is 8.02. The second kappa shape index (κ2) is 11.0. The first-order valence-electron chi connectivity index (χ1n) is 14.2. The number of alkyl halides is 4. The molecule has 7 nitrogen and oxygen atoms in total. The van der Waals surface area contributed by atoms with Gasteiger partial charge in [-0.25, -0.2) is 22.0 Å². The van der Waals surface area contributed by atoms with E-state index in [-0.39, 0.29) is 24.0 Å². The van der Waals surface area contributed by atoms with Crippen LogP contribution in [0.25, 0.3) is 0 Å². The molecule has 2 aromatic carbocycles. The number of urea groups is 1. The molecule has 3 aliphatic rings. The van der Waals surface area contributed by atoms with Crippen molar-refractivity contribution in [2.24, 2.45) is 0 Å². The van der Waals surface area contributed by atoms with Crippen molar-refractivity contribution < 1.29 is 40.0 Å². The van der Waals surface area contributed by atoms with E-state index in [1.165, 1.54) is 31.2 Å². The topological polar surface area (TPSA) is 95.6 Å². The molecule has 5 rings (SSSR count). The van der Waals surface area contributed by atoms with E-state index in [4.69, 9.17) is 0 Å². The number of sulfone groups is 1. The standard InChI is InChI=1S/C30H34F5N3O4S/c1-18(39)36-25-17-43(41,42)14-11-24(25)37-27(40)38-13-12-29(16-19-3-7-22(31)8-4-19)23-9-6-21(28(2,32)30(33,34)35)15-20(23)5-10-26(29)38/h3-4,6-9,15,24-26H,5,10-14,16-17H2,1-2H3,(H,36,39)(H,37,40)/t24?,25?,26-,28?,29-/m1/s1. The predicted octanol–water partition coefficient (Wildman–Crippen LogP) is 4.48. The fourth-order valence-electron chi connectivity index (χ4n) is 7.03. The molecule has 0 bridgehead atoms. The van der Waals surface area contributed by atoms with Crippen molar-refractivity contribution in [2.75, 3.05) is 18.1 Å². The van der Waals surface area contributed by atoms with Crippen LogP contribution in [0.15, 0.2) is 42.5 Å². The number of carbonyl (C=O) groups is 2. The Morgan fingerprint density at radius 1 is 1.02 bits per heavy atom. The minimum absolute atomic E-state index is 0.130. The Bertz CT molecular complexity index is 1510. The quantitative estimate of drug-likeness (QED) is 0.479. The number of halogens is 5. The number of fused-ring (bicyclic) bond motifs is 3.